The second-order valence-electron chi connectivity index (χ2n) is 5.57. The highest BCUT2D eigenvalue weighted by Gasteiger charge is 2.21. The average Bonchev–Trinajstić information content (AvgIpc) is 2.92. The highest BCUT2D eigenvalue weighted by Crippen LogP contribution is 2.17. The minimum atomic E-state index is 0.00742. The molecule has 2 aromatic rings. The Kier molecular flexibility index (Phi) is 3.40. The Morgan fingerprint density at radius 1 is 1.45 bits per heavy atom. The molecule has 0 bridgehead atoms. The second kappa shape index (κ2) is 5.20. The Bertz CT molecular complexity index is 644. The summed E-state index contributed by atoms with van der Waals surface area (Å²) in [6.07, 6.45) is 4.32. The quantitative estimate of drug-likeness (QED) is 0.880. The van der Waals surface area contributed by atoms with Gasteiger partial charge in [-0.2, -0.15) is 0 Å². The lowest BCUT2D eigenvalue weighted by atomic mass is 10.1. The largest absolute Gasteiger partial charge is 0.347 e. The molecule has 0 amide bonds. The van der Waals surface area contributed by atoms with Gasteiger partial charge in [0.05, 0.1) is 17.6 Å². The molecule has 106 valence electrons. The van der Waals surface area contributed by atoms with Crippen molar-refractivity contribution in [2.24, 2.45) is 0 Å². The maximum Gasteiger partial charge on any atom is 0.255 e. The van der Waals surface area contributed by atoms with Crippen LogP contribution in [0.25, 0.3) is 0 Å². The first kappa shape index (κ1) is 13.1. The van der Waals surface area contributed by atoms with Gasteiger partial charge in [0.1, 0.15) is 5.82 Å². The van der Waals surface area contributed by atoms with Gasteiger partial charge in [0.2, 0.25) is 0 Å². The third-order valence-electron chi connectivity index (χ3n) is 3.66. The number of imidazole rings is 1. The molecule has 0 fully saturated rings. The maximum atomic E-state index is 12.2. The highest BCUT2D eigenvalue weighted by atomic mass is 16.1. The molecular formula is C14H19N5O. The Labute approximate surface area is 117 Å². The maximum absolute atomic E-state index is 12.2. The van der Waals surface area contributed by atoms with Gasteiger partial charge < -0.3 is 9.97 Å². The monoisotopic (exact) mass is 273 g/mol. The van der Waals surface area contributed by atoms with Gasteiger partial charge in [-0.3, -0.25) is 9.69 Å². The summed E-state index contributed by atoms with van der Waals surface area (Å²) in [6, 6.07) is 0. The zero-order chi connectivity index (χ0) is 14.1. The number of H-pyrrole nitrogens is 2. The first-order valence-electron chi connectivity index (χ1n) is 6.95. The Balaban J connectivity index is 1.83. The molecule has 0 atom stereocenters. The zero-order valence-corrected chi connectivity index (χ0v) is 11.8. The lowest BCUT2D eigenvalue weighted by Gasteiger charge is -2.27. The molecule has 0 saturated heterocycles. The second-order valence-corrected chi connectivity index (χ2v) is 5.57. The van der Waals surface area contributed by atoms with Gasteiger partial charge in [0.15, 0.2) is 0 Å². The Hall–Kier alpha value is -1.95. The molecule has 0 spiro atoms. The molecule has 0 unspecified atom stereocenters. The smallest absolute Gasteiger partial charge is 0.255 e. The topological polar surface area (TPSA) is 77.7 Å². The molecule has 3 heterocycles. The Morgan fingerprint density at radius 2 is 2.30 bits per heavy atom. The van der Waals surface area contributed by atoms with Crippen molar-refractivity contribution in [1.82, 2.24) is 24.8 Å². The van der Waals surface area contributed by atoms with Gasteiger partial charge >= 0.3 is 0 Å². The first-order valence-corrected chi connectivity index (χ1v) is 6.95. The van der Waals surface area contributed by atoms with Crippen molar-refractivity contribution in [2.45, 2.75) is 39.3 Å². The van der Waals surface area contributed by atoms with E-state index in [-0.39, 0.29) is 11.5 Å². The summed E-state index contributed by atoms with van der Waals surface area (Å²) in [6.45, 7) is 6.43. The summed E-state index contributed by atoms with van der Waals surface area (Å²) < 4.78 is 0. The fourth-order valence-corrected chi connectivity index (χ4v) is 2.52. The molecule has 3 rings (SSSR count). The van der Waals surface area contributed by atoms with Crippen molar-refractivity contribution >= 4 is 0 Å². The van der Waals surface area contributed by atoms with E-state index >= 15 is 0 Å². The van der Waals surface area contributed by atoms with Crippen molar-refractivity contribution in [3.8, 4) is 0 Å². The van der Waals surface area contributed by atoms with E-state index in [0.717, 1.165) is 42.3 Å². The van der Waals surface area contributed by atoms with E-state index in [4.69, 9.17) is 0 Å². The molecule has 0 aromatic carbocycles. The van der Waals surface area contributed by atoms with Crippen molar-refractivity contribution in [1.29, 1.82) is 0 Å². The van der Waals surface area contributed by atoms with Crippen LogP contribution in [0.4, 0.5) is 0 Å². The van der Waals surface area contributed by atoms with Crippen LogP contribution in [-0.4, -0.2) is 31.4 Å². The van der Waals surface area contributed by atoms with Crippen molar-refractivity contribution in [2.75, 3.05) is 6.54 Å². The first-order chi connectivity index (χ1) is 9.63. The molecule has 2 N–H and O–H groups in total. The lowest BCUT2D eigenvalue weighted by Crippen LogP contribution is -2.36. The zero-order valence-electron chi connectivity index (χ0n) is 11.8. The van der Waals surface area contributed by atoms with Crippen LogP contribution in [0.15, 0.2) is 17.3 Å². The third-order valence-corrected chi connectivity index (χ3v) is 3.66. The van der Waals surface area contributed by atoms with Gasteiger partial charge in [0.25, 0.3) is 5.56 Å². The number of hydrogen-bond acceptors (Lipinski definition) is 4. The molecule has 0 radical (unpaired) electrons. The minimum Gasteiger partial charge on any atom is -0.347 e. The van der Waals surface area contributed by atoms with E-state index < -0.39 is 0 Å². The number of hydrogen-bond donors (Lipinski definition) is 2. The molecular weight excluding hydrogens is 254 g/mol. The molecule has 0 aliphatic carbocycles. The number of nitrogens with zero attached hydrogens (tertiary/aromatic N) is 3. The molecule has 2 aromatic heterocycles. The van der Waals surface area contributed by atoms with Crippen molar-refractivity contribution in [3.63, 3.8) is 0 Å². The van der Waals surface area contributed by atoms with Crippen LogP contribution in [0.5, 0.6) is 0 Å². The van der Waals surface area contributed by atoms with Crippen LogP contribution >= 0.6 is 0 Å². The summed E-state index contributed by atoms with van der Waals surface area (Å²) in [7, 11) is 0. The fraction of sp³-hybridized carbons (Fsp3) is 0.500. The van der Waals surface area contributed by atoms with Gasteiger partial charge in [-0.05, 0) is 0 Å². The van der Waals surface area contributed by atoms with Crippen LogP contribution in [0.2, 0.25) is 0 Å². The van der Waals surface area contributed by atoms with E-state index in [1.165, 1.54) is 0 Å². The number of fused-ring (bicyclic) bond motifs is 1. The standard InChI is InChI=1S/C14H19N5O/c1-9(2)13-17-12-3-4-19(6-10-5-15-8-16-10)7-11(12)14(20)18-13/h5,8-9H,3-4,6-7H2,1-2H3,(H,15,16)(H,17,18,20). The lowest BCUT2D eigenvalue weighted by molar-refractivity contribution is 0.239. The van der Waals surface area contributed by atoms with E-state index in [0.29, 0.717) is 6.54 Å². The van der Waals surface area contributed by atoms with Gasteiger partial charge in [-0.15, -0.1) is 0 Å². The van der Waals surface area contributed by atoms with Crippen LogP contribution < -0.4 is 5.56 Å². The number of aromatic amines is 2. The van der Waals surface area contributed by atoms with Gasteiger partial charge in [0, 0.05) is 43.9 Å². The summed E-state index contributed by atoms with van der Waals surface area (Å²) in [4.78, 5) is 29.0. The van der Waals surface area contributed by atoms with Gasteiger partial charge in [-0.25, -0.2) is 9.97 Å². The molecule has 1 aliphatic rings. The number of rotatable bonds is 3. The highest BCUT2D eigenvalue weighted by molar-refractivity contribution is 5.21. The number of aromatic nitrogens is 4. The van der Waals surface area contributed by atoms with Crippen LogP contribution in [0.1, 0.15) is 42.5 Å². The normalized spacial score (nSPS) is 15.6. The summed E-state index contributed by atoms with van der Waals surface area (Å²) in [5, 5.41) is 0. The summed E-state index contributed by atoms with van der Waals surface area (Å²) in [5.74, 6) is 1.03. The molecule has 0 saturated carbocycles. The Morgan fingerprint density at radius 3 is 3.00 bits per heavy atom. The van der Waals surface area contributed by atoms with E-state index in [1.54, 1.807) is 6.33 Å². The predicted octanol–water partition coefficient (Wildman–Crippen LogP) is 1.17. The van der Waals surface area contributed by atoms with E-state index in [2.05, 4.69) is 24.8 Å². The van der Waals surface area contributed by atoms with Crippen LogP contribution in [0.3, 0.4) is 0 Å². The predicted molar refractivity (Wildman–Crippen MR) is 75.4 cm³/mol. The molecule has 20 heavy (non-hydrogen) atoms. The van der Waals surface area contributed by atoms with Crippen molar-refractivity contribution in [3.05, 3.63) is 45.7 Å². The summed E-state index contributed by atoms with van der Waals surface area (Å²) >= 11 is 0. The van der Waals surface area contributed by atoms with Crippen LogP contribution in [0, 0.1) is 0 Å². The summed E-state index contributed by atoms with van der Waals surface area (Å²) in [5.41, 5.74) is 2.84. The molecule has 6 nitrogen and oxygen atoms in total. The van der Waals surface area contributed by atoms with Gasteiger partial charge in [-0.1, -0.05) is 13.8 Å². The van der Waals surface area contributed by atoms with Crippen molar-refractivity contribution < 1.29 is 0 Å². The SMILES string of the molecule is CC(C)c1nc2c(c(=O)[nH]1)CN(Cc1cnc[nH]1)CC2. The average molecular weight is 273 g/mol. The minimum absolute atomic E-state index is 0.00742. The molecule has 6 heteroatoms. The third kappa shape index (κ3) is 2.51. The van der Waals surface area contributed by atoms with Crippen LogP contribution in [-0.2, 0) is 19.5 Å². The fourth-order valence-electron chi connectivity index (χ4n) is 2.52. The number of nitrogens with one attached hydrogen (secondary N) is 2. The van der Waals surface area contributed by atoms with E-state index in [1.807, 2.05) is 20.0 Å². The molecule has 1 aliphatic heterocycles. The van der Waals surface area contributed by atoms with E-state index in [9.17, 15) is 4.79 Å².